The predicted molar refractivity (Wildman–Crippen MR) is 172 cm³/mol. The molecule has 0 radical (unpaired) electrons. The normalized spacial score (nSPS) is 18.7. The van der Waals surface area contributed by atoms with Crippen molar-refractivity contribution in [1.82, 2.24) is 4.57 Å². The number of thiazole rings is 1. The molecule has 10 nitrogen and oxygen atoms in total. The maximum absolute atomic E-state index is 14.0. The summed E-state index contributed by atoms with van der Waals surface area (Å²) in [5, 5.41) is 1.91. The molecule has 15 heteroatoms. The van der Waals surface area contributed by atoms with Crippen molar-refractivity contribution in [2.45, 2.75) is 35.8 Å². The third-order valence-corrected chi connectivity index (χ3v) is 10.5. The number of methoxy groups -OCH3 is 1. The molecule has 0 unspecified atom stereocenters. The SMILES string of the molecule is CCOC(=O)c1ccc(NC(=O)Cn2c3c(sc2=O)[C@@H](c2ccc(OC)cc2)[C@@H]2C(=O)N(c4cccc(C(F)(F)F)c4)C(=O)[C@@H]2S3)cc1. The largest absolute Gasteiger partial charge is 0.497 e. The monoisotopic (exact) mass is 697 g/mol. The van der Waals surface area contributed by atoms with Crippen LogP contribution >= 0.6 is 23.1 Å². The molecule has 0 aliphatic carbocycles. The fraction of sp³-hybridized carbons (Fsp3) is 0.242. The summed E-state index contributed by atoms with van der Waals surface area (Å²) in [6, 6.07) is 16.7. The minimum absolute atomic E-state index is 0.207. The molecule has 1 N–H and O–H groups in total. The summed E-state index contributed by atoms with van der Waals surface area (Å²) < 4.78 is 52.1. The molecule has 4 aromatic rings. The van der Waals surface area contributed by atoms with Crippen LogP contribution in [0.5, 0.6) is 5.75 Å². The highest BCUT2D eigenvalue weighted by Gasteiger charge is 2.57. The summed E-state index contributed by atoms with van der Waals surface area (Å²) in [5.74, 6) is -3.84. The van der Waals surface area contributed by atoms with Gasteiger partial charge < -0.3 is 14.8 Å². The van der Waals surface area contributed by atoms with Gasteiger partial charge in [0.15, 0.2) is 0 Å². The van der Waals surface area contributed by atoms with E-state index in [1.54, 1.807) is 31.2 Å². The van der Waals surface area contributed by atoms with Crippen molar-refractivity contribution in [3.8, 4) is 5.75 Å². The van der Waals surface area contributed by atoms with E-state index in [1.165, 1.54) is 42.0 Å². The number of imide groups is 1. The quantitative estimate of drug-likeness (QED) is 0.188. The molecule has 3 aromatic carbocycles. The zero-order valence-electron chi connectivity index (χ0n) is 25.3. The zero-order valence-corrected chi connectivity index (χ0v) is 26.9. The average molecular weight is 698 g/mol. The highest BCUT2D eigenvalue weighted by Crippen LogP contribution is 2.54. The number of halogens is 3. The molecule has 1 saturated heterocycles. The first kappa shape index (κ1) is 33.0. The Kier molecular flexibility index (Phi) is 8.92. The van der Waals surface area contributed by atoms with Gasteiger partial charge in [-0.25, -0.2) is 9.69 Å². The topological polar surface area (TPSA) is 124 Å². The van der Waals surface area contributed by atoms with E-state index in [2.05, 4.69) is 5.32 Å². The summed E-state index contributed by atoms with van der Waals surface area (Å²) in [6.45, 7) is 1.46. The summed E-state index contributed by atoms with van der Waals surface area (Å²) in [6.07, 6.45) is -4.70. The lowest BCUT2D eigenvalue weighted by molar-refractivity contribution is -0.137. The van der Waals surface area contributed by atoms with Gasteiger partial charge in [0.1, 0.15) is 17.5 Å². The highest BCUT2D eigenvalue weighted by molar-refractivity contribution is 8.00. The number of esters is 1. The number of rotatable bonds is 8. The van der Waals surface area contributed by atoms with E-state index < -0.39 is 63.9 Å². The van der Waals surface area contributed by atoms with Crippen LogP contribution in [0, 0.1) is 5.92 Å². The number of alkyl halides is 3. The number of fused-ring (bicyclic) bond motifs is 2. The second kappa shape index (κ2) is 13.0. The molecule has 1 fully saturated rings. The number of amides is 3. The van der Waals surface area contributed by atoms with Crippen LogP contribution in [0.2, 0.25) is 0 Å². The van der Waals surface area contributed by atoms with Crippen LogP contribution in [0.15, 0.2) is 82.6 Å². The molecule has 248 valence electrons. The molecule has 0 spiro atoms. The molecule has 48 heavy (non-hydrogen) atoms. The van der Waals surface area contributed by atoms with E-state index in [4.69, 9.17) is 9.47 Å². The lowest BCUT2D eigenvalue weighted by Crippen LogP contribution is -2.33. The maximum atomic E-state index is 14.0. The Morgan fingerprint density at radius 2 is 1.67 bits per heavy atom. The Hall–Kier alpha value is -4.89. The number of aromatic nitrogens is 1. The number of benzene rings is 3. The number of hydrogen-bond donors (Lipinski definition) is 1. The van der Waals surface area contributed by atoms with Crippen LogP contribution in [0.25, 0.3) is 0 Å². The van der Waals surface area contributed by atoms with Crippen molar-refractivity contribution >= 4 is 58.2 Å². The van der Waals surface area contributed by atoms with E-state index in [1.807, 2.05) is 0 Å². The summed E-state index contributed by atoms with van der Waals surface area (Å²) in [4.78, 5) is 67.1. The molecule has 3 atom stereocenters. The van der Waals surface area contributed by atoms with Gasteiger partial charge in [0.25, 0.3) is 0 Å². The van der Waals surface area contributed by atoms with Gasteiger partial charge >= 0.3 is 17.0 Å². The van der Waals surface area contributed by atoms with Crippen LogP contribution < -0.4 is 19.8 Å². The Morgan fingerprint density at radius 1 is 0.958 bits per heavy atom. The van der Waals surface area contributed by atoms with E-state index in [9.17, 15) is 37.1 Å². The van der Waals surface area contributed by atoms with Crippen molar-refractivity contribution in [2.75, 3.05) is 23.9 Å². The summed E-state index contributed by atoms with van der Waals surface area (Å²) in [5.41, 5.74) is 0.0198. The third-order valence-electron chi connectivity index (χ3n) is 7.94. The number of carbonyl (C=O) groups excluding carboxylic acids is 4. The highest BCUT2D eigenvalue weighted by atomic mass is 32.2. The second-order valence-corrected chi connectivity index (χ2v) is 13.0. The van der Waals surface area contributed by atoms with Gasteiger partial charge in [-0.15, -0.1) is 0 Å². The van der Waals surface area contributed by atoms with Crippen molar-refractivity contribution in [2.24, 2.45) is 5.92 Å². The van der Waals surface area contributed by atoms with Crippen molar-refractivity contribution in [3.63, 3.8) is 0 Å². The van der Waals surface area contributed by atoms with Crippen molar-refractivity contribution in [1.29, 1.82) is 0 Å². The molecule has 2 aliphatic heterocycles. The molecule has 1 aromatic heterocycles. The van der Waals surface area contributed by atoms with Crippen LogP contribution in [0.1, 0.15) is 39.2 Å². The Labute approximate surface area is 279 Å². The van der Waals surface area contributed by atoms with Gasteiger partial charge in [-0.05, 0) is 67.1 Å². The van der Waals surface area contributed by atoms with Gasteiger partial charge in [0, 0.05) is 16.5 Å². The second-order valence-electron chi connectivity index (χ2n) is 10.8. The van der Waals surface area contributed by atoms with Gasteiger partial charge in [-0.3, -0.25) is 23.7 Å². The Bertz CT molecular complexity index is 1970. The lowest BCUT2D eigenvalue weighted by Gasteiger charge is -2.30. The van der Waals surface area contributed by atoms with Gasteiger partial charge in [-0.1, -0.05) is 41.3 Å². The van der Waals surface area contributed by atoms with Gasteiger partial charge in [0.2, 0.25) is 17.7 Å². The first-order valence-electron chi connectivity index (χ1n) is 14.6. The van der Waals surface area contributed by atoms with Crippen molar-refractivity contribution in [3.05, 3.63) is 104 Å². The van der Waals surface area contributed by atoms with E-state index in [0.29, 0.717) is 32.5 Å². The number of thioether (sulfide) groups is 1. The fourth-order valence-electron chi connectivity index (χ4n) is 5.75. The van der Waals surface area contributed by atoms with E-state index >= 15 is 0 Å². The predicted octanol–water partition coefficient (Wildman–Crippen LogP) is 5.55. The number of hydrogen-bond acceptors (Lipinski definition) is 9. The average Bonchev–Trinajstić information content (AvgIpc) is 3.51. The minimum atomic E-state index is -4.70. The first-order valence-corrected chi connectivity index (χ1v) is 16.3. The summed E-state index contributed by atoms with van der Waals surface area (Å²) >= 11 is 1.78. The molecule has 3 heterocycles. The first-order chi connectivity index (χ1) is 22.9. The van der Waals surface area contributed by atoms with Crippen LogP contribution in [0.4, 0.5) is 24.5 Å². The molecule has 3 amide bonds. The van der Waals surface area contributed by atoms with Crippen molar-refractivity contribution < 1.29 is 41.8 Å². The zero-order chi connectivity index (χ0) is 34.3. The van der Waals surface area contributed by atoms with E-state index in [0.717, 1.165) is 46.2 Å². The molecular weight excluding hydrogens is 672 g/mol. The van der Waals surface area contributed by atoms with Crippen LogP contribution in [-0.4, -0.2) is 47.2 Å². The van der Waals surface area contributed by atoms with Crippen LogP contribution in [-0.2, 0) is 31.8 Å². The smallest absolute Gasteiger partial charge is 0.416 e. The molecule has 0 saturated carbocycles. The van der Waals surface area contributed by atoms with Crippen LogP contribution in [0.3, 0.4) is 0 Å². The van der Waals surface area contributed by atoms with Gasteiger partial charge in [0.05, 0.1) is 41.5 Å². The summed E-state index contributed by atoms with van der Waals surface area (Å²) in [7, 11) is 1.48. The fourth-order valence-corrected chi connectivity index (χ4v) is 8.52. The molecule has 6 rings (SSSR count). The number of anilines is 2. The Balaban J connectivity index is 1.35. The number of nitrogens with one attached hydrogen (secondary N) is 1. The van der Waals surface area contributed by atoms with Gasteiger partial charge in [-0.2, -0.15) is 13.2 Å². The lowest BCUT2D eigenvalue weighted by atomic mass is 9.83. The molecular formula is C33H26F3N3O7S2. The maximum Gasteiger partial charge on any atom is 0.416 e. The number of ether oxygens (including phenoxy) is 2. The Morgan fingerprint density at radius 3 is 2.31 bits per heavy atom. The number of nitrogens with zero attached hydrogens (tertiary/aromatic N) is 2. The molecule has 2 aliphatic rings. The van der Waals surface area contributed by atoms with E-state index in [-0.39, 0.29) is 12.3 Å². The third kappa shape index (κ3) is 6.10. The number of carbonyl (C=O) groups is 4. The minimum Gasteiger partial charge on any atom is -0.497 e. The standard InChI is InChI=1S/C33H26F3N3O7S2/c1-3-46-31(43)18-7-11-20(12-8-18)37-23(40)16-38-30-27(48-32(38)44)24(17-9-13-22(45-2)14-10-17)25-26(47-30)29(42)39(28(25)41)21-6-4-5-19(15-21)33(34,35)36/h4-15,24-26H,3,16H2,1-2H3,(H,37,40)/t24-,25-,26+/m0/s1. The molecule has 0 bridgehead atoms.